The van der Waals surface area contributed by atoms with E-state index in [1.54, 1.807) is 0 Å². The average Bonchev–Trinajstić information content (AvgIpc) is 2.27. The van der Waals surface area contributed by atoms with E-state index in [2.05, 4.69) is 0 Å². The molecule has 1 amide bonds. The molecule has 0 spiro atoms. The van der Waals surface area contributed by atoms with Gasteiger partial charge >= 0.3 is 12.0 Å². The van der Waals surface area contributed by atoms with Crippen LogP contribution in [-0.4, -0.2) is 17.0 Å². The molecule has 0 aliphatic heterocycles. The summed E-state index contributed by atoms with van der Waals surface area (Å²) in [5.41, 5.74) is -1.31. The van der Waals surface area contributed by atoms with Gasteiger partial charge in [-0.1, -0.05) is 12.1 Å². The number of alkyl halides is 2. The van der Waals surface area contributed by atoms with E-state index in [9.17, 15) is 22.8 Å². The molecule has 1 aromatic rings. The summed E-state index contributed by atoms with van der Waals surface area (Å²) in [6, 6.07) is 2.11. The van der Waals surface area contributed by atoms with Crippen molar-refractivity contribution in [2.45, 2.75) is 25.8 Å². The highest BCUT2D eigenvalue weighted by Crippen LogP contribution is 2.33. The van der Waals surface area contributed by atoms with Crippen molar-refractivity contribution >= 4 is 11.9 Å². The van der Waals surface area contributed by atoms with Crippen molar-refractivity contribution in [3.05, 3.63) is 35.1 Å². The number of amides is 1. The third-order valence-electron chi connectivity index (χ3n) is 2.62. The van der Waals surface area contributed by atoms with E-state index in [-0.39, 0.29) is 5.56 Å². The molecule has 4 nitrogen and oxygen atoms in total. The largest absolute Gasteiger partial charge is 0.465 e. The van der Waals surface area contributed by atoms with Crippen LogP contribution in [0.2, 0.25) is 0 Å². The lowest BCUT2D eigenvalue weighted by Gasteiger charge is -2.18. The molecule has 0 heterocycles. The maximum absolute atomic E-state index is 14.0. The number of hydrogen-bond donors (Lipinski definition) is 2. The fourth-order valence-electron chi connectivity index (χ4n) is 1.58. The van der Waals surface area contributed by atoms with E-state index in [0.29, 0.717) is 6.92 Å². The number of nitrogens with one attached hydrogen (secondary N) is 1. The molecule has 7 heteroatoms. The van der Waals surface area contributed by atoms with Gasteiger partial charge in [-0.05, 0) is 13.0 Å². The van der Waals surface area contributed by atoms with E-state index in [0.717, 1.165) is 12.1 Å². The van der Waals surface area contributed by atoms with Gasteiger partial charge in [0, 0.05) is 12.5 Å². The molecule has 2 N–H and O–H groups in total. The first-order valence-electron chi connectivity index (χ1n) is 5.35. The van der Waals surface area contributed by atoms with Crippen molar-refractivity contribution in [2.75, 3.05) is 0 Å². The Hall–Kier alpha value is -2.05. The van der Waals surface area contributed by atoms with Crippen LogP contribution in [0.15, 0.2) is 18.2 Å². The number of hydrogen-bond acceptors (Lipinski definition) is 2. The summed E-state index contributed by atoms with van der Waals surface area (Å²) >= 11 is 0. The fraction of sp³-hybridized carbons (Fsp3) is 0.333. The van der Waals surface area contributed by atoms with Crippen LogP contribution in [0, 0.1) is 5.82 Å². The summed E-state index contributed by atoms with van der Waals surface area (Å²) in [4.78, 5) is 21.3. The smallest absolute Gasteiger partial charge is 0.405 e. The minimum absolute atomic E-state index is 0.249. The average molecular weight is 275 g/mol. The van der Waals surface area contributed by atoms with E-state index in [1.807, 2.05) is 5.32 Å². The van der Waals surface area contributed by atoms with Crippen molar-refractivity contribution < 1.29 is 27.9 Å². The van der Waals surface area contributed by atoms with Crippen LogP contribution in [0.1, 0.15) is 31.0 Å². The van der Waals surface area contributed by atoms with Gasteiger partial charge in [0.1, 0.15) is 5.82 Å². The zero-order chi connectivity index (χ0) is 14.8. The lowest BCUT2D eigenvalue weighted by molar-refractivity contribution is -0.142. The molecule has 0 saturated heterocycles. The lowest BCUT2D eigenvalue weighted by atomic mass is 9.98. The second-order valence-corrected chi connectivity index (χ2v) is 4.01. The molecular formula is C12H12F3NO3. The van der Waals surface area contributed by atoms with Gasteiger partial charge in [-0.15, -0.1) is 0 Å². The molecule has 1 atom stereocenters. The van der Waals surface area contributed by atoms with E-state index in [4.69, 9.17) is 5.11 Å². The minimum Gasteiger partial charge on any atom is -0.465 e. The zero-order valence-electron chi connectivity index (χ0n) is 10.2. The van der Waals surface area contributed by atoms with Crippen molar-refractivity contribution in [1.29, 1.82) is 0 Å². The van der Waals surface area contributed by atoms with Crippen LogP contribution < -0.4 is 5.32 Å². The molecule has 1 rings (SSSR count). The number of rotatable bonds is 4. The summed E-state index contributed by atoms with van der Waals surface area (Å²) in [6.07, 6.45) is -1.41. The Labute approximate surface area is 107 Å². The van der Waals surface area contributed by atoms with E-state index >= 15 is 0 Å². The van der Waals surface area contributed by atoms with Gasteiger partial charge in [-0.2, -0.15) is 8.78 Å². The molecular weight excluding hydrogens is 263 g/mol. The summed E-state index contributed by atoms with van der Waals surface area (Å²) in [7, 11) is 0. The Morgan fingerprint density at radius 1 is 1.37 bits per heavy atom. The lowest BCUT2D eigenvalue weighted by Crippen LogP contribution is -2.28. The molecule has 19 heavy (non-hydrogen) atoms. The molecule has 0 aliphatic rings. The first-order valence-corrected chi connectivity index (χ1v) is 5.35. The van der Waals surface area contributed by atoms with Crippen LogP contribution >= 0.6 is 0 Å². The number of carbonyl (C=O) groups excluding carboxylic acids is 1. The topological polar surface area (TPSA) is 66.4 Å². The quantitative estimate of drug-likeness (QED) is 0.888. The highest BCUT2D eigenvalue weighted by Gasteiger charge is 2.40. The Bertz CT molecular complexity index is 517. The number of halogens is 3. The summed E-state index contributed by atoms with van der Waals surface area (Å²) in [6.45, 7) is 1.97. The number of carbonyl (C=O) groups is 2. The molecule has 0 saturated carbocycles. The predicted octanol–water partition coefficient (Wildman–Crippen LogP) is 2.84. The molecule has 104 valence electrons. The number of carboxylic acid groups (broad SMARTS) is 1. The number of ketones is 1. The van der Waals surface area contributed by atoms with Crippen LogP contribution in [-0.2, 0) is 10.7 Å². The summed E-state index contributed by atoms with van der Waals surface area (Å²) < 4.78 is 41.0. The van der Waals surface area contributed by atoms with Gasteiger partial charge in [0.2, 0.25) is 5.78 Å². The molecule has 0 fully saturated rings. The minimum atomic E-state index is -3.94. The van der Waals surface area contributed by atoms with Gasteiger partial charge in [0.15, 0.2) is 0 Å². The molecule has 0 aliphatic carbocycles. The summed E-state index contributed by atoms with van der Waals surface area (Å²) in [5.74, 6) is -6.71. The Morgan fingerprint density at radius 2 is 1.95 bits per heavy atom. The third kappa shape index (κ3) is 3.04. The first-order chi connectivity index (χ1) is 8.67. The SMILES string of the molecule is CC(=O)C(F)(F)c1cccc([C@@H](C)NC(=O)O)c1F. The van der Waals surface area contributed by atoms with Crippen LogP contribution in [0.4, 0.5) is 18.0 Å². The molecule has 0 radical (unpaired) electrons. The Kier molecular flexibility index (Phi) is 4.18. The number of benzene rings is 1. The Balaban J connectivity index is 3.26. The van der Waals surface area contributed by atoms with Gasteiger partial charge in [0.25, 0.3) is 0 Å². The standard InChI is InChI=1S/C12H12F3NO3/c1-6(16-11(18)19)8-4-3-5-9(10(8)13)12(14,15)7(2)17/h3-6,16H,1-2H3,(H,18,19)/t6-/m1/s1. The zero-order valence-corrected chi connectivity index (χ0v) is 10.2. The second-order valence-electron chi connectivity index (χ2n) is 4.01. The summed E-state index contributed by atoms with van der Waals surface area (Å²) in [5, 5.41) is 10.5. The third-order valence-corrected chi connectivity index (χ3v) is 2.62. The first kappa shape index (κ1) is 15.0. The molecule has 0 unspecified atom stereocenters. The maximum atomic E-state index is 14.0. The van der Waals surface area contributed by atoms with Gasteiger partial charge in [-0.25, -0.2) is 9.18 Å². The van der Waals surface area contributed by atoms with Crippen molar-refractivity contribution in [1.82, 2.24) is 5.32 Å². The second kappa shape index (κ2) is 5.29. The number of Topliss-reactive ketones (excluding diaryl/α,β-unsaturated/α-hetero) is 1. The fourth-order valence-corrected chi connectivity index (χ4v) is 1.58. The predicted molar refractivity (Wildman–Crippen MR) is 60.6 cm³/mol. The molecule has 0 bridgehead atoms. The van der Waals surface area contributed by atoms with Crippen LogP contribution in [0.5, 0.6) is 0 Å². The van der Waals surface area contributed by atoms with Gasteiger partial charge in [0.05, 0.1) is 11.6 Å². The molecule has 0 aromatic heterocycles. The van der Waals surface area contributed by atoms with E-state index < -0.39 is 35.2 Å². The van der Waals surface area contributed by atoms with Crippen molar-refractivity contribution in [2.24, 2.45) is 0 Å². The highest BCUT2D eigenvalue weighted by atomic mass is 19.3. The normalized spacial score (nSPS) is 12.9. The van der Waals surface area contributed by atoms with Gasteiger partial charge < -0.3 is 10.4 Å². The molecule has 1 aromatic carbocycles. The Morgan fingerprint density at radius 3 is 2.42 bits per heavy atom. The monoisotopic (exact) mass is 275 g/mol. The van der Waals surface area contributed by atoms with Crippen LogP contribution in [0.25, 0.3) is 0 Å². The highest BCUT2D eigenvalue weighted by molar-refractivity contribution is 5.84. The van der Waals surface area contributed by atoms with Crippen molar-refractivity contribution in [3.63, 3.8) is 0 Å². The van der Waals surface area contributed by atoms with Crippen LogP contribution in [0.3, 0.4) is 0 Å². The van der Waals surface area contributed by atoms with E-state index in [1.165, 1.54) is 13.0 Å². The van der Waals surface area contributed by atoms with Gasteiger partial charge in [-0.3, -0.25) is 4.79 Å². The maximum Gasteiger partial charge on any atom is 0.405 e. The van der Waals surface area contributed by atoms with Crippen molar-refractivity contribution in [3.8, 4) is 0 Å².